The number of piperidine rings is 1. The number of hydrogen-bond acceptors (Lipinski definition) is 3. The van der Waals surface area contributed by atoms with Crippen molar-refractivity contribution in [3.05, 3.63) is 71.8 Å². The van der Waals surface area contributed by atoms with Crippen LogP contribution in [0.3, 0.4) is 0 Å². The minimum atomic E-state index is -0.236. The normalized spacial score (nSPS) is 19.0. The molecule has 0 amide bonds. The van der Waals surface area contributed by atoms with Gasteiger partial charge in [-0.15, -0.1) is 0 Å². The summed E-state index contributed by atoms with van der Waals surface area (Å²) in [6.45, 7) is 1.30. The fraction of sp³-hybridized carbons (Fsp3) is 0.350. The molecule has 3 nitrogen and oxygen atoms in total. The summed E-state index contributed by atoms with van der Waals surface area (Å²) in [4.78, 5) is 12.8. The standard InChI is InChI=1S/C20H23NO2/c22-20(23-15-16-9-3-1-4-10-16)19(17-11-5-2-6-12-17)18-13-7-8-14-21-18/h1-6,9-12,18-19,21H,7-8,13-15H2. The van der Waals surface area contributed by atoms with Gasteiger partial charge in [0.25, 0.3) is 0 Å². The summed E-state index contributed by atoms with van der Waals surface area (Å²) in [5.74, 6) is -0.375. The lowest BCUT2D eigenvalue weighted by Gasteiger charge is -2.30. The quantitative estimate of drug-likeness (QED) is 0.857. The third kappa shape index (κ3) is 4.20. The van der Waals surface area contributed by atoms with Gasteiger partial charge in [0.1, 0.15) is 6.61 Å². The maximum absolute atomic E-state index is 12.8. The van der Waals surface area contributed by atoms with Crippen LogP contribution >= 0.6 is 0 Å². The number of carbonyl (C=O) groups is 1. The van der Waals surface area contributed by atoms with Gasteiger partial charge in [-0.2, -0.15) is 0 Å². The highest BCUT2D eigenvalue weighted by Gasteiger charge is 2.32. The lowest BCUT2D eigenvalue weighted by atomic mass is 9.86. The molecule has 1 aliphatic heterocycles. The average molecular weight is 309 g/mol. The van der Waals surface area contributed by atoms with Crippen LogP contribution in [0, 0.1) is 0 Å². The third-order valence-corrected chi connectivity index (χ3v) is 4.39. The van der Waals surface area contributed by atoms with Gasteiger partial charge in [0.15, 0.2) is 0 Å². The van der Waals surface area contributed by atoms with E-state index in [1.54, 1.807) is 0 Å². The monoisotopic (exact) mass is 309 g/mol. The summed E-state index contributed by atoms with van der Waals surface area (Å²) in [5.41, 5.74) is 2.05. The molecule has 0 spiro atoms. The summed E-state index contributed by atoms with van der Waals surface area (Å²) < 4.78 is 5.62. The number of carbonyl (C=O) groups excluding carboxylic acids is 1. The first-order valence-electron chi connectivity index (χ1n) is 8.33. The molecule has 1 saturated heterocycles. The van der Waals surface area contributed by atoms with Gasteiger partial charge in [0.05, 0.1) is 5.92 Å². The molecule has 0 saturated carbocycles. The minimum absolute atomic E-state index is 0.139. The van der Waals surface area contributed by atoms with Gasteiger partial charge >= 0.3 is 5.97 Å². The lowest BCUT2D eigenvalue weighted by Crippen LogP contribution is -2.42. The number of hydrogen-bond donors (Lipinski definition) is 1. The average Bonchev–Trinajstić information content (AvgIpc) is 2.63. The van der Waals surface area contributed by atoms with E-state index in [2.05, 4.69) is 5.32 Å². The first kappa shape index (κ1) is 15.8. The van der Waals surface area contributed by atoms with Crippen LogP contribution in [0.4, 0.5) is 0 Å². The summed E-state index contributed by atoms with van der Waals surface area (Å²) in [6, 6.07) is 20.0. The Balaban J connectivity index is 1.73. The fourth-order valence-corrected chi connectivity index (χ4v) is 3.17. The van der Waals surface area contributed by atoms with Gasteiger partial charge in [-0.1, -0.05) is 67.1 Å². The summed E-state index contributed by atoms with van der Waals surface area (Å²) in [6.07, 6.45) is 3.35. The maximum Gasteiger partial charge on any atom is 0.315 e. The van der Waals surface area contributed by atoms with Crippen LogP contribution in [0.2, 0.25) is 0 Å². The smallest absolute Gasteiger partial charge is 0.315 e. The van der Waals surface area contributed by atoms with Gasteiger partial charge in [-0.3, -0.25) is 4.79 Å². The van der Waals surface area contributed by atoms with E-state index in [9.17, 15) is 4.79 Å². The predicted octanol–water partition coefficient (Wildman–Crippen LogP) is 3.66. The zero-order valence-corrected chi connectivity index (χ0v) is 13.3. The Morgan fingerprint density at radius 1 is 1.04 bits per heavy atom. The molecule has 0 radical (unpaired) electrons. The van der Waals surface area contributed by atoms with Crippen LogP contribution in [-0.2, 0) is 16.1 Å². The van der Waals surface area contributed by atoms with Crippen molar-refractivity contribution in [2.24, 2.45) is 0 Å². The van der Waals surface area contributed by atoms with Gasteiger partial charge < -0.3 is 10.1 Å². The molecule has 2 aromatic carbocycles. The van der Waals surface area contributed by atoms with Crippen LogP contribution in [0.25, 0.3) is 0 Å². The molecule has 0 aromatic heterocycles. The molecular weight excluding hydrogens is 286 g/mol. The Morgan fingerprint density at radius 3 is 2.39 bits per heavy atom. The third-order valence-electron chi connectivity index (χ3n) is 4.39. The molecule has 120 valence electrons. The largest absolute Gasteiger partial charge is 0.460 e. The topological polar surface area (TPSA) is 38.3 Å². The van der Waals surface area contributed by atoms with Crippen molar-refractivity contribution in [3.63, 3.8) is 0 Å². The Morgan fingerprint density at radius 2 is 1.74 bits per heavy atom. The van der Waals surface area contributed by atoms with Crippen LogP contribution in [-0.4, -0.2) is 18.6 Å². The van der Waals surface area contributed by atoms with Crippen molar-refractivity contribution in [1.82, 2.24) is 5.32 Å². The van der Waals surface area contributed by atoms with E-state index in [0.717, 1.165) is 30.5 Å². The number of ether oxygens (including phenoxy) is 1. The molecule has 3 heteroatoms. The van der Waals surface area contributed by atoms with E-state index in [4.69, 9.17) is 4.74 Å². The molecule has 2 atom stereocenters. The number of benzene rings is 2. The molecule has 1 heterocycles. The Hall–Kier alpha value is -2.13. The number of esters is 1. The second-order valence-corrected chi connectivity index (χ2v) is 6.04. The zero-order valence-electron chi connectivity index (χ0n) is 13.3. The van der Waals surface area contributed by atoms with Gasteiger partial charge in [-0.05, 0) is 30.5 Å². The van der Waals surface area contributed by atoms with E-state index in [-0.39, 0.29) is 17.9 Å². The number of nitrogens with one attached hydrogen (secondary N) is 1. The summed E-state index contributed by atoms with van der Waals surface area (Å²) >= 11 is 0. The van der Waals surface area contributed by atoms with Gasteiger partial charge in [0.2, 0.25) is 0 Å². The summed E-state index contributed by atoms with van der Waals surface area (Å²) in [5, 5.41) is 3.50. The first-order valence-corrected chi connectivity index (χ1v) is 8.33. The van der Waals surface area contributed by atoms with Gasteiger partial charge in [0, 0.05) is 6.04 Å². The van der Waals surface area contributed by atoms with E-state index in [1.165, 1.54) is 6.42 Å². The SMILES string of the molecule is O=C(OCc1ccccc1)C(c1ccccc1)C1CCCCN1. The van der Waals surface area contributed by atoms with E-state index in [1.807, 2.05) is 60.7 Å². The first-order chi connectivity index (χ1) is 11.3. The highest BCUT2D eigenvalue weighted by Crippen LogP contribution is 2.27. The Kier molecular flexibility index (Phi) is 5.43. The predicted molar refractivity (Wildman–Crippen MR) is 91.1 cm³/mol. The molecule has 1 fully saturated rings. The molecule has 0 bridgehead atoms. The minimum Gasteiger partial charge on any atom is -0.460 e. The maximum atomic E-state index is 12.8. The molecule has 0 aliphatic carbocycles. The fourth-order valence-electron chi connectivity index (χ4n) is 3.17. The van der Waals surface area contributed by atoms with E-state index < -0.39 is 0 Å². The molecule has 3 rings (SSSR count). The highest BCUT2D eigenvalue weighted by molar-refractivity contribution is 5.79. The molecule has 1 N–H and O–H groups in total. The second kappa shape index (κ2) is 7.93. The van der Waals surface area contributed by atoms with Crippen molar-refractivity contribution in [2.75, 3.05) is 6.54 Å². The van der Waals surface area contributed by atoms with Crippen molar-refractivity contribution < 1.29 is 9.53 Å². The van der Waals surface area contributed by atoms with E-state index in [0.29, 0.717) is 6.61 Å². The number of rotatable bonds is 5. The van der Waals surface area contributed by atoms with Crippen molar-refractivity contribution >= 4 is 5.97 Å². The van der Waals surface area contributed by atoms with Crippen molar-refractivity contribution in [1.29, 1.82) is 0 Å². The van der Waals surface area contributed by atoms with Crippen LogP contribution < -0.4 is 5.32 Å². The van der Waals surface area contributed by atoms with Gasteiger partial charge in [-0.25, -0.2) is 0 Å². The van der Waals surface area contributed by atoms with Crippen LogP contribution in [0.15, 0.2) is 60.7 Å². The van der Waals surface area contributed by atoms with Crippen molar-refractivity contribution in [3.8, 4) is 0 Å². The van der Waals surface area contributed by atoms with Crippen LogP contribution in [0.5, 0.6) is 0 Å². The Bertz CT molecular complexity index is 606. The molecule has 23 heavy (non-hydrogen) atoms. The zero-order chi connectivity index (χ0) is 15.9. The van der Waals surface area contributed by atoms with Crippen molar-refractivity contribution in [2.45, 2.75) is 37.8 Å². The highest BCUT2D eigenvalue weighted by atomic mass is 16.5. The van der Waals surface area contributed by atoms with Crippen LogP contribution in [0.1, 0.15) is 36.3 Å². The molecule has 2 aromatic rings. The molecular formula is C20H23NO2. The molecule has 2 unspecified atom stereocenters. The molecule has 1 aliphatic rings. The Labute approximate surface area is 137 Å². The summed E-state index contributed by atoms with van der Waals surface area (Å²) in [7, 11) is 0. The van der Waals surface area contributed by atoms with E-state index >= 15 is 0 Å². The lowest BCUT2D eigenvalue weighted by molar-refractivity contribution is -0.147. The second-order valence-electron chi connectivity index (χ2n) is 6.04.